The van der Waals surface area contributed by atoms with Crippen LogP contribution in [0, 0.1) is 5.92 Å². The van der Waals surface area contributed by atoms with Gasteiger partial charge in [-0.1, -0.05) is 12.1 Å². The molecule has 1 aliphatic heterocycles. The van der Waals surface area contributed by atoms with Gasteiger partial charge in [0.1, 0.15) is 11.3 Å². The van der Waals surface area contributed by atoms with Gasteiger partial charge in [0.25, 0.3) is 0 Å². The molecule has 2 fully saturated rings. The number of morpholine rings is 1. The molecule has 5 rings (SSSR count). The van der Waals surface area contributed by atoms with Crippen LogP contribution in [0.25, 0.3) is 22.4 Å². The summed E-state index contributed by atoms with van der Waals surface area (Å²) in [6, 6.07) is 12.9. The molecule has 3 N–H and O–H groups in total. The Labute approximate surface area is 186 Å². The Bertz CT molecular complexity index is 1020. The van der Waals surface area contributed by atoms with Crippen LogP contribution in [0.15, 0.2) is 47.0 Å². The number of hydrogen-bond acceptors (Lipinski definition) is 8. The Morgan fingerprint density at radius 1 is 1.19 bits per heavy atom. The van der Waals surface area contributed by atoms with Crippen molar-refractivity contribution in [3.8, 4) is 11.3 Å². The molecule has 0 radical (unpaired) electrons. The summed E-state index contributed by atoms with van der Waals surface area (Å²) in [7, 11) is 0. The first-order valence-electron chi connectivity index (χ1n) is 10.9. The molecule has 1 saturated carbocycles. The third kappa shape index (κ3) is 4.67. The van der Waals surface area contributed by atoms with Gasteiger partial charge in [0.15, 0.2) is 5.58 Å². The zero-order valence-electron chi connectivity index (χ0n) is 17.5. The fourth-order valence-electron chi connectivity index (χ4n) is 4.58. The number of ether oxygens (including phenoxy) is 1. The van der Waals surface area contributed by atoms with Gasteiger partial charge >= 0.3 is 0 Å². The molecule has 0 bridgehead atoms. The molecule has 31 heavy (non-hydrogen) atoms. The van der Waals surface area contributed by atoms with Crippen LogP contribution in [0.1, 0.15) is 19.3 Å². The number of furan rings is 1. The first-order chi connectivity index (χ1) is 15.3. The number of hydrogen-bond donors (Lipinski definition) is 2. The SMILES string of the molecule is NSOC[C@@H]1CC[C@H](Nc2ccnc3cc(-c4cccc(N5CCOCC5)c4)oc23)C1. The largest absolute Gasteiger partial charge is 0.452 e. The second-order valence-corrected chi connectivity index (χ2v) is 8.66. The number of fused-ring (bicyclic) bond motifs is 1. The van der Waals surface area contributed by atoms with E-state index in [0.717, 1.165) is 85.9 Å². The van der Waals surface area contributed by atoms with E-state index in [4.69, 9.17) is 18.5 Å². The van der Waals surface area contributed by atoms with Gasteiger partial charge in [-0.05, 0) is 43.4 Å². The molecule has 2 aliphatic rings. The number of nitrogens with two attached hydrogens (primary N) is 1. The molecule has 0 unspecified atom stereocenters. The molecule has 164 valence electrons. The second kappa shape index (κ2) is 9.48. The maximum atomic E-state index is 6.32. The summed E-state index contributed by atoms with van der Waals surface area (Å²) >= 11 is 0.953. The van der Waals surface area contributed by atoms with Crippen molar-refractivity contribution in [2.75, 3.05) is 43.1 Å². The van der Waals surface area contributed by atoms with Crippen molar-refractivity contribution in [3.63, 3.8) is 0 Å². The van der Waals surface area contributed by atoms with Crippen LogP contribution < -0.4 is 15.4 Å². The highest BCUT2D eigenvalue weighted by atomic mass is 32.2. The number of benzene rings is 1. The van der Waals surface area contributed by atoms with Crippen LogP contribution in [0.3, 0.4) is 0 Å². The van der Waals surface area contributed by atoms with Crippen LogP contribution in [0.5, 0.6) is 0 Å². The maximum absolute atomic E-state index is 6.32. The molecule has 1 aliphatic carbocycles. The van der Waals surface area contributed by atoms with Gasteiger partial charge in [0.2, 0.25) is 0 Å². The van der Waals surface area contributed by atoms with Crippen molar-refractivity contribution < 1.29 is 13.3 Å². The molecule has 8 heteroatoms. The molecule has 0 amide bonds. The van der Waals surface area contributed by atoms with Crippen molar-refractivity contribution in [2.45, 2.75) is 25.3 Å². The molecule has 2 atom stereocenters. The minimum atomic E-state index is 0.403. The van der Waals surface area contributed by atoms with Gasteiger partial charge in [-0.25, -0.2) is 0 Å². The van der Waals surface area contributed by atoms with Crippen LogP contribution in [-0.2, 0) is 8.92 Å². The van der Waals surface area contributed by atoms with Crippen molar-refractivity contribution in [2.24, 2.45) is 11.1 Å². The molecule has 3 aromatic rings. The quantitative estimate of drug-likeness (QED) is 0.412. The zero-order chi connectivity index (χ0) is 21.0. The summed E-state index contributed by atoms with van der Waals surface area (Å²) in [5, 5.41) is 9.05. The highest BCUT2D eigenvalue weighted by Gasteiger charge is 2.26. The topological polar surface area (TPSA) is 85.8 Å². The summed E-state index contributed by atoms with van der Waals surface area (Å²) in [5.74, 6) is 1.38. The fourth-order valence-corrected chi connectivity index (χ4v) is 4.86. The van der Waals surface area contributed by atoms with E-state index in [1.54, 1.807) is 0 Å². The van der Waals surface area contributed by atoms with Crippen molar-refractivity contribution in [1.82, 2.24) is 4.98 Å². The van der Waals surface area contributed by atoms with E-state index in [1.807, 2.05) is 18.3 Å². The van der Waals surface area contributed by atoms with Crippen LogP contribution in [-0.4, -0.2) is 43.9 Å². The minimum absolute atomic E-state index is 0.403. The van der Waals surface area contributed by atoms with E-state index < -0.39 is 0 Å². The summed E-state index contributed by atoms with van der Waals surface area (Å²) in [5.41, 5.74) is 4.94. The zero-order valence-corrected chi connectivity index (χ0v) is 18.3. The summed E-state index contributed by atoms with van der Waals surface area (Å²) in [4.78, 5) is 6.88. The molecule has 1 saturated heterocycles. The standard InChI is InChI=1S/C23H28N4O3S/c24-31-29-15-16-4-5-18(12-16)26-20-6-7-25-21-14-22(30-23(20)21)17-2-1-3-19(13-17)27-8-10-28-11-9-27/h1-3,6-7,13-14,16,18H,4-5,8-12,15,24H2,(H,25,26)/t16-,18+/m1/s1. The summed E-state index contributed by atoms with van der Waals surface area (Å²) in [6.07, 6.45) is 5.17. The lowest BCUT2D eigenvalue weighted by Crippen LogP contribution is -2.36. The number of aromatic nitrogens is 1. The highest BCUT2D eigenvalue weighted by molar-refractivity contribution is 7.92. The van der Waals surface area contributed by atoms with Gasteiger partial charge in [0.05, 0.1) is 37.7 Å². The fraction of sp³-hybridized carbons (Fsp3) is 0.435. The van der Waals surface area contributed by atoms with E-state index >= 15 is 0 Å². The minimum Gasteiger partial charge on any atom is -0.452 e. The van der Waals surface area contributed by atoms with Crippen LogP contribution in [0.2, 0.25) is 0 Å². The molecular weight excluding hydrogens is 412 g/mol. The van der Waals surface area contributed by atoms with E-state index in [9.17, 15) is 0 Å². The lowest BCUT2D eigenvalue weighted by Gasteiger charge is -2.29. The van der Waals surface area contributed by atoms with E-state index in [-0.39, 0.29) is 0 Å². The summed E-state index contributed by atoms with van der Waals surface area (Å²) in [6.45, 7) is 4.07. The smallest absolute Gasteiger partial charge is 0.176 e. The Morgan fingerprint density at radius 2 is 2.10 bits per heavy atom. The first kappa shape index (κ1) is 20.6. The maximum Gasteiger partial charge on any atom is 0.176 e. The van der Waals surface area contributed by atoms with E-state index in [1.165, 1.54) is 5.69 Å². The predicted molar refractivity (Wildman–Crippen MR) is 125 cm³/mol. The second-order valence-electron chi connectivity index (χ2n) is 8.23. The highest BCUT2D eigenvalue weighted by Crippen LogP contribution is 2.35. The molecular formula is C23H28N4O3S. The van der Waals surface area contributed by atoms with Gasteiger partial charge in [-0.3, -0.25) is 10.1 Å². The number of pyridine rings is 1. The number of nitrogens with zero attached hydrogens (tertiary/aromatic N) is 2. The van der Waals surface area contributed by atoms with E-state index in [2.05, 4.69) is 39.5 Å². The monoisotopic (exact) mass is 440 g/mol. The molecule has 3 heterocycles. The Kier molecular flexibility index (Phi) is 6.31. The number of anilines is 2. The van der Waals surface area contributed by atoms with E-state index in [0.29, 0.717) is 18.6 Å². The van der Waals surface area contributed by atoms with Gasteiger partial charge in [-0.2, -0.15) is 0 Å². The van der Waals surface area contributed by atoms with Crippen molar-refractivity contribution >= 4 is 34.7 Å². The first-order valence-corrected chi connectivity index (χ1v) is 11.7. The average molecular weight is 441 g/mol. The molecule has 7 nitrogen and oxygen atoms in total. The lowest BCUT2D eigenvalue weighted by atomic mass is 10.1. The van der Waals surface area contributed by atoms with Crippen LogP contribution >= 0.6 is 12.2 Å². The molecule has 2 aromatic heterocycles. The summed E-state index contributed by atoms with van der Waals surface area (Å²) < 4.78 is 17.1. The Hall–Kier alpha value is -2.26. The van der Waals surface area contributed by atoms with Crippen molar-refractivity contribution in [3.05, 3.63) is 42.6 Å². The molecule has 1 aromatic carbocycles. The number of rotatable bonds is 7. The lowest BCUT2D eigenvalue weighted by molar-refractivity contribution is 0.122. The Morgan fingerprint density at radius 3 is 2.97 bits per heavy atom. The van der Waals surface area contributed by atoms with Crippen LogP contribution in [0.4, 0.5) is 11.4 Å². The van der Waals surface area contributed by atoms with Gasteiger partial charge in [0, 0.05) is 42.6 Å². The Balaban J connectivity index is 1.35. The predicted octanol–water partition coefficient (Wildman–Crippen LogP) is 4.45. The third-order valence-corrected chi connectivity index (χ3v) is 6.46. The number of nitrogens with one attached hydrogen (secondary N) is 1. The third-order valence-electron chi connectivity index (χ3n) is 6.19. The normalized spacial score (nSPS) is 21.6. The molecule has 0 spiro atoms. The van der Waals surface area contributed by atoms with Crippen molar-refractivity contribution in [1.29, 1.82) is 0 Å². The average Bonchev–Trinajstić information content (AvgIpc) is 3.46. The van der Waals surface area contributed by atoms with Gasteiger partial charge < -0.3 is 23.6 Å². The van der Waals surface area contributed by atoms with Gasteiger partial charge in [-0.15, -0.1) is 0 Å².